The third-order valence-electron chi connectivity index (χ3n) is 1.90. The first kappa shape index (κ1) is 11.1. The fourth-order valence-corrected chi connectivity index (χ4v) is 1.05. The molecule has 0 bridgehead atoms. The molecule has 0 saturated carbocycles. The number of hydrogen-bond donors (Lipinski definition) is 0. The van der Waals surface area contributed by atoms with Crippen LogP contribution in [0.3, 0.4) is 0 Å². The van der Waals surface area contributed by atoms with Gasteiger partial charge in [-0.05, 0) is 11.8 Å². The topological polar surface area (TPSA) is 0 Å². The van der Waals surface area contributed by atoms with Crippen molar-refractivity contribution in [3.8, 4) is 0 Å². The molecule has 0 aromatic carbocycles. The van der Waals surface area contributed by atoms with E-state index in [4.69, 9.17) is 0 Å². The van der Waals surface area contributed by atoms with Gasteiger partial charge in [0.25, 0.3) is 0 Å². The molecule has 0 aliphatic heterocycles. The van der Waals surface area contributed by atoms with Crippen LogP contribution in [0.15, 0.2) is 0 Å². The molecular weight excluding hydrogens is 131 g/mol. The second kappa shape index (κ2) is 6.76. The van der Waals surface area contributed by atoms with Crippen LogP contribution in [0.2, 0.25) is 12.6 Å². The van der Waals surface area contributed by atoms with Crippen LogP contribution in [0.25, 0.3) is 0 Å². The Bertz CT molecular complexity index is 66.9. The third-order valence-corrected chi connectivity index (χ3v) is 1.90. The number of rotatable bonds is 6. The first-order valence-corrected chi connectivity index (χ1v) is 4.94. The van der Waals surface area contributed by atoms with Crippen molar-refractivity contribution >= 4 is 7.28 Å². The van der Waals surface area contributed by atoms with Gasteiger partial charge in [-0.1, -0.05) is 53.2 Å². The van der Waals surface area contributed by atoms with Crippen LogP contribution in [-0.2, 0) is 0 Å². The molecule has 0 aromatic heterocycles. The second-order valence-corrected chi connectivity index (χ2v) is 4.23. The Morgan fingerprint density at radius 3 is 1.45 bits per heavy atom. The van der Waals surface area contributed by atoms with E-state index in [1.54, 1.807) is 0 Å². The molecule has 0 rings (SSSR count). The zero-order chi connectivity index (χ0) is 8.69. The molecule has 0 nitrogen and oxygen atoms in total. The summed E-state index contributed by atoms with van der Waals surface area (Å²) in [5.74, 6) is 1.73. The lowest BCUT2D eigenvalue weighted by Gasteiger charge is -2.04. The average molecular weight is 153 g/mol. The van der Waals surface area contributed by atoms with Crippen LogP contribution in [0.5, 0.6) is 0 Å². The Hall–Kier alpha value is 0.0649. The van der Waals surface area contributed by atoms with Gasteiger partial charge >= 0.3 is 0 Å². The van der Waals surface area contributed by atoms with Gasteiger partial charge in [0.15, 0.2) is 0 Å². The van der Waals surface area contributed by atoms with Crippen molar-refractivity contribution < 1.29 is 0 Å². The maximum Gasteiger partial charge on any atom is 0.109 e. The molecule has 0 unspecified atom stereocenters. The lowest BCUT2D eigenvalue weighted by Crippen LogP contribution is -1.96. The Kier molecular flexibility index (Phi) is 6.80. The molecule has 0 N–H and O–H groups in total. The molecule has 1 heteroatoms. The molecule has 0 amide bonds. The maximum absolute atomic E-state index is 2.44. The summed E-state index contributed by atoms with van der Waals surface area (Å²) in [7, 11) is 2.44. The third kappa shape index (κ3) is 10.1. The Morgan fingerprint density at radius 2 is 1.18 bits per heavy atom. The van der Waals surface area contributed by atoms with Gasteiger partial charge in [0.1, 0.15) is 7.28 Å². The predicted octanol–water partition coefficient (Wildman–Crippen LogP) is 3.62. The molecule has 0 aliphatic carbocycles. The average Bonchev–Trinajstić information content (AvgIpc) is 1.85. The van der Waals surface area contributed by atoms with E-state index < -0.39 is 0 Å². The first-order chi connectivity index (χ1) is 5.13. The van der Waals surface area contributed by atoms with E-state index in [2.05, 4.69) is 35.0 Å². The number of hydrogen-bond acceptors (Lipinski definition) is 0. The lowest BCUT2D eigenvalue weighted by atomic mass is 9.67. The lowest BCUT2D eigenvalue weighted by molar-refractivity contribution is 0.611. The van der Waals surface area contributed by atoms with Crippen LogP contribution in [0.4, 0.5) is 0 Å². The zero-order valence-electron chi connectivity index (χ0n) is 8.56. The van der Waals surface area contributed by atoms with Gasteiger partial charge in [-0.3, -0.25) is 0 Å². The van der Waals surface area contributed by atoms with Crippen molar-refractivity contribution in [1.82, 2.24) is 0 Å². The van der Waals surface area contributed by atoms with Gasteiger partial charge in [0.05, 0.1) is 0 Å². The molecule has 0 aromatic rings. The minimum atomic E-state index is 0.866. The highest BCUT2D eigenvalue weighted by Crippen LogP contribution is 2.08. The molecule has 0 heterocycles. The molecule has 11 heavy (non-hydrogen) atoms. The fraction of sp³-hybridized carbons (Fsp3) is 1.00. The van der Waals surface area contributed by atoms with E-state index in [-0.39, 0.29) is 0 Å². The van der Waals surface area contributed by atoms with E-state index in [1.165, 1.54) is 25.5 Å². The molecule has 0 spiro atoms. The molecular formula is C10H22B. The maximum atomic E-state index is 2.44. The smallest absolute Gasteiger partial charge is 0.0801 e. The summed E-state index contributed by atoms with van der Waals surface area (Å²) in [6, 6.07) is 0. The van der Waals surface area contributed by atoms with E-state index in [0.29, 0.717) is 0 Å². The highest BCUT2D eigenvalue weighted by atomic mass is 13.9. The normalized spacial score (nSPS) is 11.1. The van der Waals surface area contributed by atoms with Crippen LogP contribution >= 0.6 is 0 Å². The van der Waals surface area contributed by atoms with Crippen molar-refractivity contribution in [3.05, 3.63) is 0 Å². The Balaban J connectivity index is 2.91. The Morgan fingerprint density at radius 1 is 0.818 bits per heavy atom. The van der Waals surface area contributed by atoms with Gasteiger partial charge in [-0.25, -0.2) is 0 Å². The van der Waals surface area contributed by atoms with E-state index >= 15 is 0 Å². The zero-order valence-corrected chi connectivity index (χ0v) is 8.56. The summed E-state index contributed by atoms with van der Waals surface area (Å²) >= 11 is 0. The van der Waals surface area contributed by atoms with E-state index in [0.717, 1.165) is 11.8 Å². The minimum Gasteiger partial charge on any atom is -0.0801 e. The molecule has 0 aliphatic rings. The summed E-state index contributed by atoms with van der Waals surface area (Å²) in [4.78, 5) is 0. The van der Waals surface area contributed by atoms with Crippen LogP contribution < -0.4 is 0 Å². The van der Waals surface area contributed by atoms with Crippen LogP contribution in [0, 0.1) is 11.8 Å². The van der Waals surface area contributed by atoms with Gasteiger partial charge in [0.2, 0.25) is 0 Å². The summed E-state index contributed by atoms with van der Waals surface area (Å²) < 4.78 is 0. The van der Waals surface area contributed by atoms with Crippen molar-refractivity contribution in [3.63, 3.8) is 0 Å². The molecule has 0 fully saturated rings. The largest absolute Gasteiger partial charge is 0.109 e. The van der Waals surface area contributed by atoms with Gasteiger partial charge < -0.3 is 0 Å². The standard InChI is InChI=1S/C10H22B/c1-9(2)5-7-11-8-6-10(3)4/h9-10H,5-8H2,1-4H3. The molecule has 1 radical (unpaired) electrons. The molecule has 0 atom stereocenters. The highest BCUT2D eigenvalue weighted by molar-refractivity contribution is 6.35. The Labute approximate surface area is 73.0 Å². The monoisotopic (exact) mass is 153 g/mol. The van der Waals surface area contributed by atoms with Crippen molar-refractivity contribution in [2.75, 3.05) is 0 Å². The first-order valence-electron chi connectivity index (χ1n) is 4.94. The van der Waals surface area contributed by atoms with Crippen molar-refractivity contribution in [2.45, 2.75) is 53.2 Å². The highest BCUT2D eigenvalue weighted by Gasteiger charge is 1.97. The summed E-state index contributed by atoms with van der Waals surface area (Å²) in [6.07, 6.45) is 5.34. The van der Waals surface area contributed by atoms with Crippen molar-refractivity contribution in [1.29, 1.82) is 0 Å². The summed E-state index contributed by atoms with van der Waals surface area (Å²) in [5.41, 5.74) is 0. The van der Waals surface area contributed by atoms with Crippen molar-refractivity contribution in [2.24, 2.45) is 11.8 Å². The van der Waals surface area contributed by atoms with Gasteiger partial charge in [-0.2, -0.15) is 0 Å². The summed E-state index contributed by atoms with van der Waals surface area (Å²) in [6.45, 7) is 9.15. The predicted molar refractivity (Wildman–Crippen MR) is 54.3 cm³/mol. The molecule has 0 saturated heterocycles. The quantitative estimate of drug-likeness (QED) is 0.403. The SMILES string of the molecule is CC(C)CC[B]CCC(C)C. The van der Waals surface area contributed by atoms with Crippen LogP contribution in [-0.4, -0.2) is 7.28 Å². The minimum absolute atomic E-state index is 0.866. The fourth-order valence-electron chi connectivity index (χ4n) is 1.05. The van der Waals surface area contributed by atoms with E-state index in [9.17, 15) is 0 Å². The van der Waals surface area contributed by atoms with Gasteiger partial charge in [-0.15, -0.1) is 0 Å². The molecule has 65 valence electrons. The second-order valence-electron chi connectivity index (χ2n) is 4.23. The van der Waals surface area contributed by atoms with Gasteiger partial charge in [0, 0.05) is 0 Å². The van der Waals surface area contributed by atoms with Crippen LogP contribution in [0.1, 0.15) is 40.5 Å². The van der Waals surface area contributed by atoms with E-state index in [1.807, 2.05) is 0 Å². The summed E-state index contributed by atoms with van der Waals surface area (Å²) in [5, 5.41) is 0.